The number of hydrogen-bond donors (Lipinski definition) is 0. The van der Waals surface area contributed by atoms with E-state index in [0.717, 1.165) is 29.5 Å². The Balaban J connectivity index is 1.63. The van der Waals surface area contributed by atoms with Gasteiger partial charge in [-0.1, -0.05) is 48.5 Å². The summed E-state index contributed by atoms with van der Waals surface area (Å²) in [5, 5.41) is 2.49. The minimum atomic E-state index is 0.171. The number of benzene rings is 3. The second-order valence-corrected chi connectivity index (χ2v) is 7.01. The molecule has 126 valence electrons. The molecule has 1 aliphatic rings. The van der Waals surface area contributed by atoms with E-state index in [1.54, 1.807) is 0 Å². The maximum Gasteiger partial charge on any atom is 0.189 e. The SMILES string of the molecule is Cn1c2ccccc2c2cc(/C=C3/CCc4ccccc4C3=O)ccc21. The normalized spacial score (nSPS) is 15.7. The maximum absolute atomic E-state index is 12.8. The first kappa shape index (κ1) is 15.2. The van der Waals surface area contributed by atoms with Gasteiger partial charge in [-0.3, -0.25) is 4.79 Å². The summed E-state index contributed by atoms with van der Waals surface area (Å²) in [6, 6.07) is 22.9. The highest BCUT2D eigenvalue weighted by Gasteiger charge is 2.21. The van der Waals surface area contributed by atoms with Crippen LogP contribution in [0.15, 0.2) is 72.3 Å². The fourth-order valence-electron chi connectivity index (χ4n) is 4.13. The Bertz CT molecular complexity index is 1210. The van der Waals surface area contributed by atoms with Gasteiger partial charge < -0.3 is 4.57 Å². The Kier molecular flexibility index (Phi) is 3.32. The molecule has 1 heterocycles. The van der Waals surface area contributed by atoms with Crippen molar-refractivity contribution >= 4 is 33.7 Å². The van der Waals surface area contributed by atoms with Gasteiger partial charge in [0.2, 0.25) is 0 Å². The highest BCUT2D eigenvalue weighted by Crippen LogP contribution is 2.31. The summed E-state index contributed by atoms with van der Waals surface area (Å²) in [6.07, 6.45) is 3.81. The number of nitrogens with zero attached hydrogens (tertiary/aromatic N) is 1. The van der Waals surface area contributed by atoms with Gasteiger partial charge in [-0.2, -0.15) is 0 Å². The van der Waals surface area contributed by atoms with Gasteiger partial charge >= 0.3 is 0 Å². The third kappa shape index (κ3) is 2.22. The number of allylic oxidation sites excluding steroid dienone is 1. The number of aromatic nitrogens is 1. The first-order valence-electron chi connectivity index (χ1n) is 9.03. The molecule has 4 aromatic rings. The Labute approximate surface area is 152 Å². The van der Waals surface area contributed by atoms with E-state index >= 15 is 0 Å². The first-order chi connectivity index (χ1) is 12.7. The van der Waals surface area contributed by atoms with Crippen molar-refractivity contribution in [3.8, 4) is 0 Å². The van der Waals surface area contributed by atoms with Crippen LogP contribution in [0.1, 0.15) is 27.9 Å². The number of hydrogen-bond acceptors (Lipinski definition) is 1. The average Bonchev–Trinajstić information content (AvgIpc) is 2.97. The molecule has 0 N–H and O–H groups in total. The standard InChI is InChI=1S/C24H19NO/c1-25-22-9-5-4-8-20(22)21-15-16(10-13-23(21)25)14-18-12-11-17-6-2-3-7-19(17)24(18)26/h2-10,13-15H,11-12H2,1H3/b18-14-. The van der Waals surface area contributed by atoms with Crippen molar-refractivity contribution in [2.45, 2.75) is 12.8 Å². The first-order valence-corrected chi connectivity index (χ1v) is 9.03. The number of para-hydroxylation sites is 1. The molecular formula is C24H19NO. The van der Waals surface area contributed by atoms with Gasteiger partial charge in [0.25, 0.3) is 0 Å². The molecule has 0 saturated heterocycles. The van der Waals surface area contributed by atoms with Crippen LogP contribution in [0.2, 0.25) is 0 Å². The molecule has 2 heteroatoms. The molecule has 2 nitrogen and oxygen atoms in total. The lowest BCUT2D eigenvalue weighted by Gasteiger charge is -2.17. The summed E-state index contributed by atoms with van der Waals surface area (Å²) >= 11 is 0. The number of fused-ring (bicyclic) bond motifs is 4. The fraction of sp³-hybridized carbons (Fsp3) is 0.125. The zero-order chi connectivity index (χ0) is 17.7. The fourth-order valence-corrected chi connectivity index (χ4v) is 4.13. The van der Waals surface area contributed by atoms with Crippen LogP contribution in [0.25, 0.3) is 27.9 Å². The van der Waals surface area contributed by atoms with Crippen molar-refractivity contribution in [1.82, 2.24) is 4.57 Å². The highest BCUT2D eigenvalue weighted by molar-refractivity contribution is 6.14. The van der Waals surface area contributed by atoms with Crippen LogP contribution in [0.5, 0.6) is 0 Å². The smallest absolute Gasteiger partial charge is 0.189 e. The van der Waals surface area contributed by atoms with Crippen LogP contribution >= 0.6 is 0 Å². The van der Waals surface area contributed by atoms with Crippen molar-refractivity contribution < 1.29 is 4.79 Å². The van der Waals surface area contributed by atoms with Gasteiger partial charge in [-0.25, -0.2) is 0 Å². The maximum atomic E-state index is 12.8. The van der Waals surface area contributed by atoms with Crippen molar-refractivity contribution in [1.29, 1.82) is 0 Å². The Hall–Kier alpha value is -3.13. The predicted molar refractivity (Wildman–Crippen MR) is 107 cm³/mol. The van der Waals surface area contributed by atoms with E-state index in [1.165, 1.54) is 27.4 Å². The van der Waals surface area contributed by atoms with Crippen molar-refractivity contribution in [2.24, 2.45) is 7.05 Å². The molecule has 0 amide bonds. The van der Waals surface area contributed by atoms with Crippen LogP contribution in [-0.4, -0.2) is 10.4 Å². The van der Waals surface area contributed by atoms with Gasteiger partial charge in [-0.15, -0.1) is 0 Å². The lowest BCUT2D eigenvalue weighted by molar-refractivity contribution is 0.102. The monoisotopic (exact) mass is 337 g/mol. The molecule has 0 spiro atoms. The molecule has 0 saturated carbocycles. The highest BCUT2D eigenvalue weighted by atomic mass is 16.1. The largest absolute Gasteiger partial charge is 0.344 e. The Morgan fingerprint density at radius 3 is 2.54 bits per heavy atom. The lowest BCUT2D eigenvalue weighted by atomic mass is 9.86. The Morgan fingerprint density at radius 2 is 1.62 bits per heavy atom. The predicted octanol–water partition coefficient (Wildman–Crippen LogP) is 5.54. The number of carbonyl (C=O) groups excluding carboxylic acids is 1. The molecule has 26 heavy (non-hydrogen) atoms. The zero-order valence-electron chi connectivity index (χ0n) is 14.7. The number of ketones is 1. The summed E-state index contributed by atoms with van der Waals surface area (Å²) in [4.78, 5) is 12.8. The van der Waals surface area contributed by atoms with Crippen molar-refractivity contribution in [2.75, 3.05) is 0 Å². The minimum absolute atomic E-state index is 0.171. The van der Waals surface area contributed by atoms with E-state index in [1.807, 2.05) is 18.2 Å². The summed E-state index contributed by atoms with van der Waals surface area (Å²) in [7, 11) is 2.10. The number of Topliss-reactive ketones (excluding diaryl/α,β-unsaturated/α-hetero) is 1. The molecule has 0 aliphatic heterocycles. The molecule has 0 unspecified atom stereocenters. The summed E-state index contributed by atoms with van der Waals surface area (Å²) in [6.45, 7) is 0. The quantitative estimate of drug-likeness (QED) is 0.418. The van der Waals surface area contributed by atoms with Gasteiger partial charge in [0.15, 0.2) is 5.78 Å². The van der Waals surface area contributed by atoms with E-state index in [-0.39, 0.29) is 5.78 Å². The molecule has 0 fully saturated rings. The summed E-state index contributed by atoms with van der Waals surface area (Å²) < 4.78 is 2.23. The molecule has 3 aromatic carbocycles. The van der Waals surface area contributed by atoms with Crippen LogP contribution < -0.4 is 0 Å². The molecule has 0 atom stereocenters. The average molecular weight is 337 g/mol. The second-order valence-electron chi connectivity index (χ2n) is 7.01. The zero-order valence-corrected chi connectivity index (χ0v) is 14.7. The summed E-state index contributed by atoms with van der Waals surface area (Å²) in [5.41, 5.74) is 6.47. The van der Waals surface area contributed by atoms with Crippen LogP contribution in [0, 0.1) is 0 Å². The van der Waals surface area contributed by atoms with E-state index < -0.39 is 0 Å². The lowest BCUT2D eigenvalue weighted by Crippen LogP contribution is -2.13. The van der Waals surface area contributed by atoms with Crippen LogP contribution in [0.4, 0.5) is 0 Å². The molecule has 5 rings (SSSR count). The molecule has 0 radical (unpaired) electrons. The molecule has 1 aliphatic carbocycles. The van der Waals surface area contributed by atoms with E-state index in [0.29, 0.717) is 0 Å². The van der Waals surface area contributed by atoms with Gasteiger partial charge in [0.05, 0.1) is 0 Å². The van der Waals surface area contributed by atoms with E-state index in [2.05, 4.69) is 66.2 Å². The topological polar surface area (TPSA) is 22.0 Å². The van der Waals surface area contributed by atoms with Crippen LogP contribution in [-0.2, 0) is 13.5 Å². The number of rotatable bonds is 1. The van der Waals surface area contributed by atoms with Gasteiger partial charge in [-0.05, 0) is 48.2 Å². The number of carbonyl (C=O) groups is 1. The summed E-state index contributed by atoms with van der Waals surface area (Å²) in [5.74, 6) is 0.171. The van der Waals surface area contributed by atoms with Gasteiger partial charge in [0.1, 0.15) is 0 Å². The van der Waals surface area contributed by atoms with Gasteiger partial charge in [0, 0.05) is 40.0 Å². The van der Waals surface area contributed by atoms with E-state index in [4.69, 9.17) is 0 Å². The molecule has 1 aromatic heterocycles. The number of aryl methyl sites for hydroxylation is 2. The minimum Gasteiger partial charge on any atom is -0.344 e. The van der Waals surface area contributed by atoms with Crippen molar-refractivity contribution in [3.63, 3.8) is 0 Å². The van der Waals surface area contributed by atoms with Crippen LogP contribution in [0.3, 0.4) is 0 Å². The Morgan fingerprint density at radius 1 is 0.846 bits per heavy atom. The van der Waals surface area contributed by atoms with Crippen molar-refractivity contribution in [3.05, 3.63) is 89.0 Å². The molecule has 0 bridgehead atoms. The second kappa shape index (κ2) is 5.70. The molecular weight excluding hydrogens is 318 g/mol. The third-order valence-electron chi connectivity index (χ3n) is 5.50. The third-order valence-corrected chi connectivity index (χ3v) is 5.50. The van der Waals surface area contributed by atoms with E-state index in [9.17, 15) is 4.79 Å².